The summed E-state index contributed by atoms with van der Waals surface area (Å²) >= 11 is 0. The van der Waals surface area contributed by atoms with Crippen molar-refractivity contribution in [2.75, 3.05) is 0 Å². The van der Waals surface area contributed by atoms with Gasteiger partial charge in [-0.2, -0.15) is 0 Å². The molecule has 5 heteroatoms. The average Bonchev–Trinajstić information content (AvgIpc) is 1.96. The SMILES string of the molecule is CC(=O)CC(CCC(N)=O)C(N)=O. The number of primary amides is 2. The Hall–Kier alpha value is -1.39. The van der Waals surface area contributed by atoms with E-state index in [4.69, 9.17) is 11.5 Å². The lowest BCUT2D eigenvalue weighted by Crippen LogP contribution is -2.26. The molecule has 0 fully saturated rings. The summed E-state index contributed by atoms with van der Waals surface area (Å²) in [5, 5.41) is 0. The maximum atomic E-state index is 10.8. The molecule has 5 nitrogen and oxygen atoms in total. The van der Waals surface area contributed by atoms with E-state index in [0.717, 1.165) is 0 Å². The molecule has 0 aromatic heterocycles. The second kappa shape index (κ2) is 5.29. The summed E-state index contributed by atoms with van der Waals surface area (Å²) in [4.78, 5) is 31.8. The van der Waals surface area contributed by atoms with E-state index >= 15 is 0 Å². The van der Waals surface area contributed by atoms with E-state index in [1.807, 2.05) is 0 Å². The zero-order chi connectivity index (χ0) is 10.4. The van der Waals surface area contributed by atoms with Crippen LogP contribution in [0, 0.1) is 5.92 Å². The Bertz CT molecular complexity index is 225. The molecule has 0 aromatic carbocycles. The number of carbonyl (C=O) groups excluding carboxylic acids is 3. The number of Topliss-reactive ketones (excluding diaryl/α,β-unsaturated/α-hetero) is 1. The average molecular weight is 186 g/mol. The maximum Gasteiger partial charge on any atom is 0.220 e. The van der Waals surface area contributed by atoms with E-state index in [9.17, 15) is 14.4 Å². The molecule has 0 aliphatic carbocycles. The number of rotatable bonds is 6. The van der Waals surface area contributed by atoms with Gasteiger partial charge in [0.2, 0.25) is 11.8 Å². The molecule has 0 spiro atoms. The van der Waals surface area contributed by atoms with Crippen LogP contribution in [-0.4, -0.2) is 17.6 Å². The summed E-state index contributed by atoms with van der Waals surface area (Å²) in [6.07, 6.45) is 0.424. The van der Waals surface area contributed by atoms with Crippen molar-refractivity contribution in [3.63, 3.8) is 0 Å². The first kappa shape index (κ1) is 11.6. The Morgan fingerprint density at radius 1 is 1.23 bits per heavy atom. The van der Waals surface area contributed by atoms with E-state index in [1.54, 1.807) is 0 Å². The molecule has 0 rings (SSSR count). The molecular weight excluding hydrogens is 172 g/mol. The second-order valence-electron chi connectivity index (χ2n) is 3.01. The van der Waals surface area contributed by atoms with Gasteiger partial charge in [0.1, 0.15) is 5.78 Å². The van der Waals surface area contributed by atoms with Crippen molar-refractivity contribution >= 4 is 17.6 Å². The van der Waals surface area contributed by atoms with Crippen molar-refractivity contribution in [3.05, 3.63) is 0 Å². The Balaban J connectivity index is 4.02. The summed E-state index contributed by atoms with van der Waals surface area (Å²) in [7, 11) is 0. The number of hydrogen-bond donors (Lipinski definition) is 2. The summed E-state index contributed by atoms with van der Waals surface area (Å²) in [5.41, 5.74) is 9.92. The van der Waals surface area contributed by atoms with Crippen molar-refractivity contribution < 1.29 is 14.4 Å². The molecular formula is C8H14N2O3. The van der Waals surface area contributed by atoms with Gasteiger partial charge in [0.15, 0.2) is 0 Å². The van der Waals surface area contributed by atoms with Crippen LogP contribution < -0.4 is 11.5 Å². The smallest absolute Gasteiger partial charge is 0.220 e. The second-order valence-corrected chi connectivity index (χ2v) is 3.01. The molecule has 4 N–H and O–H groups in total. The third kappa shape index (κ3) is 5.84. The molecule has 0 aliphatic heterocycles. The quantitative estimate of drug-likeness (QED) is 0.575. The van der Waals surface area contributed by atoms with Crippen LogP contribution in [-0.2, 0) is 14.4 Å². The molecule has 0 bridgehead atoms. The molecule has 13 heavy (non-hydrogen) atoms. The third-order valence-electron chi connectivity index (χ3n) is 1.68. The fraction of sp³-hybridized carbons (Fsp3) is 0.625. The van der Waals surface area contributed by atoms with Crippen molar-refractivity contribution in [2.24, 2.45) is 17.4 Å². The van der Waals surface area contributed by atoms with Crippen LogP contribution in [0.5, 0.6) is 0 Å². The van der Waals surface area contributed by atoms with Gasteiger partial charge >= 0.3 is 0 Å². The minimum atomic E-state index is -0.565. The topological polar surface area (TPSA) is 103 Å². The summed E-state index contributed by atoms with van der Waals surface area (Å²) in [6.45, 7) is 1.38. The number of amides is 2. The molecule has 0 saturated carbocycles. The molecule has 0 saturated heterocycles. The number of carbonyl (C=O) groups is 3. The molecule has 2 amide bonds. The zero-order valence-electron chi connectivity index (χ0n) is 7.58. The molecule has 74 valence electrons. The monoisotopic (exact) mass is 186 g/mol. The highest BCUT2D eigenvalue weighted by Gasteiger charge is 2.17. The first-order chi connectivity index (χ1) is 5.93. The van der Waals surface area contributed by atoms with E-state index in [0.29, 0.717) is 0 Å². The van der Waals surface area contributed by atoms with Crippen LogP contribution in [0.1, 0.15) is 26.2 Å². The van der Waals surface area contributed by atoms with E-state index in [-0.39, 0.29) is 25.0 Å². The van der Waals surface area contributed by atoms with E-state index < -0.39 is 17.7 Å². The number of hydrogen-bond acceptors (Lipinski definition) is 3. The fourth-order valence-electron chi connectivity index (χ4n) is 1.01. The van der Waals surface area contributed by atoms with Gasteiger partial charge in [0, 0.05) is 18.8 Å². The molecule has 0 radical (unpaired) electrons. The van der Waals surface area contributed by atoms with Crippen molar-refractivity contribution in [2.45, 2.75) is 26.2 Å². The predicted molar refractivity (Wildman–Crippen MR) is 46.4 cm³/mol. The van der Waals surface area contributed by atoms with Gasteiger partial charge in [-0.3, -0.25) is 9.59 Å². The maximum absolute atomic E-state index is 10.8. The van der Waals surface area contributed by atoms with Crippen LogP contribution in [0.25, 0.3) is 0 Å². The van der Waals surface area contributed by atoms with Crippen molar-refractivity contribution in [3.8, 4) is 0 Å². The highest BCUT2D eigenvalue weighted by atomic mass is 16.2. The Morgan fingerprint density at radius 3 is 2.08 bits per heavy atom. The zero-order valence-corrected chi connectivity index (χ0v) is 7.58. The molecule has 0 aromatic rings. The van der Waals surface area contributed by atoms with E-state index in [1.165, 1.54) is 6.92 Å². The van der Waals surface area contributed by atoms with Gasteiger partial charge in [-0.25, -0.2) is 0 Å². The molecule has 1 atom stereocenters. The van der Waals surface area contributed by atoms with Gasteiger partial charge < -0.3 is 16.3 Å². The van der Waals surface area contributed by atoms with Gasteiger partial charge in [0.25, 0.3) is 0 Å². The van der Waals surface area contributed by atoms with Gasteiger partial charge in [-0.15, -0.1) is 0 Å². The van der Waals surface area contributed by atoms with Crippen LogP contribution in [0.15, 0.2) is 0 Å². The van der Waals surface area contributed by atoms with Crippen molar-refractivity contribution in [1.29, 1.82) is 0 Å². The predicted octanol–water partition coefficient (Wildman–Crippen LogP) is -0.667. The fourth-order valence-corrected chi connectivity index (χ4v) is 1.01. The lowest BCUT2D eigenvalue weighted by molar-refractivity contribution is -0.127. The van der Waals surface area contributed by atoms with Crippen LogP contribution >= 0.6 is 0 Å². The summed E-state index contributed by atoms with van der Waals surface area (Å²) in [6, 6.07) is 0. The number of nitrogens with two attached hydrogens (primary N) is 2. The van der Waals surface area contributed by atoms with Crippen LogP contribution in [0.3, 0.4) is 0 Å². The Kier molecular flexibility index (Phi) is 4.72. The van der Waals surface area contributed by atoms with E-state index in [2.05, 4.69) is 0 Å². The van der Waals surface area contributed by atoms with Crippen molar-refractivity contribution in [1.82, 2.24) is 0 Å². The Labute approximate surface area is 76.5 Å². The summed E-state index contributed by atoms with van der Waals surface area (Å²) < 4.78 is 0. The molecule has 0 heterocycles. The van der Waals surface area contributed by atoms with Crippen LogP contribution in [0.2, 0.25) is 0 Å². The Morgan fingerprint density at radius 2 is 1.77 bits per heavy atom. The minimum absolute atomic E-state index is 0.0842. The van der Waals surface area contributed by atoms with Gasteiger partial charge in [0.05, 0.1) is 0 Å². The highest BCUT2D eigenvalue weighted by Crippen LogP contribution is 2.10. The molecule has 0 aliphatic rings. The first-order valence-electron chi connectivity index (χ1n) is 4.00. The minimum Gasteiger partial charge on any atom is -0.370 e. The lowest BCUT2D eigenvalue weighted by Gasteiger charge is -2.09. The normalized spacial score (nSPS) is 12.1. The first-order valence-corrected chi connectivity index (χ1v) is 4.00. The molecule has 1 unspecified atom stereocenters. The lowest BCUT2D eigenvalue weighted by atomic mass is 9.97. The van der Waals surface area contributed by atoms with Crippen LogP contribution in [0.4, 0.5) is 0 Å². The third-order valence-corrected chi connectivity index (χ3v) is 1.68. The summed E-state index contributed by atoms with van der Waals surface area (Å²) in [5.74, 6) is -1.73. The number of ketones is 1. The van der Waals surface area contributed by atoms with Gasteiger partial charge in [-0.05, 0) is 13.3 Å². The standard InChI is InChI=1S/C8H14N2O3/c1-5(11)4-6(8(10)13)2-3-7(9)12/h6H,2-4H2,1H3,(H2,9,12)(H2,10,13). The van der Waals surface area contributed by atoms with Gasteiger partial charge in [-0.1, -0.05) is 0 Å². The largest absolute Gasteiger partial charge is 0.370 e. The highest BCUT2D eigenvalue weighted by molar-refractivity contribution is 5.85.